The molecule has 0 radical (unpaired) electrons. The van der Waals surface area contributed by atoms with Crippen LogP contribution in [-0.2, 0) is 12.6 Å². The van der Waals surface area contributed by atoms with E-state index in [0.29, 0.717) is 17.8 Å². The van der Waals surface area contributed by atoms with Gasteiger partial charge in [0, 0.05) is 41.5 Å². The maximum absolute atomic E-state index is 12.6. The number of nitrogens with one attached hydrogen (secondary N) is 2. The first-order valence-electron chi connectivity index (χ1n) is 11.4. The number of amides is 2. The minimum Gasteiger partial charge on any atom is -0.366 e. The second-order valence-corrected chi connectivity index (χ2v) is 8.20. The molecule has 0 atom stereocenters. The summed E-state index contributed by atoms with van der Waals surface area (Å²) in [5.74, 6) is -0.587. The van der Waals surface area contributed by atoms with Crippen LogP contribution in [-0.4, -0.2) is 26.8 Å². The first-order valence-corrected chi connectivity index (χ1v) is 11.4. The Morgan fingerprint density at radius 3 is 2.21 bits per heavy atom. The average molecular weight is 518 g/mol. The molecule has 192 valence electrons. The van der Waals surface area contributed by atoms with Gasteiger partial charge in [-0.2, -0.15) is 13.2 Å². The highest BCUT2D eigenvalue weighted by Gasteiger charge is 2.30. The van der Waals surface area contributed by atoms with E-state index in [1.54, 1.807) is 42.7 Å². The maximum Gasteiger partial charge on any atom is 0.416 e. The van der Waals surface area contributed by atoms with Crippen LogP contribution in [0.4, 0.5) is 19.0 Å². The van der Waals surface area contributed by atoms with Gasteiger partial charge in [-0.3, -0.25) is 9.59 Å². The third kappa shape index (κ3) is 6.61. The molecule has 5 rings (SSSR count). The summed E-state index contributed by atoms with van der Waals surface area (Å²) < 4.78 is 37.8. The summed E-state index contributed by atoms with van der Waals surface area (Å²) in [6.07, 6.45) is 1.48. The predicted octanol–water partition coefficient (Wildman–Crippen LogP) is 5.61. The molecule has 0 unspecified atom stereocenters. The van der Waals surface area contributed by atoms with Crippen LogP contribution in [0.3, 0.4) is 0 Å². The van der Waals surface area contributed by atoms with E-state index in [0.717, 1.165) is 46.4 Å². The molecular formula is C28H22F3N5O2. The van der Waals surface area contributed by atoms with Crippen molar-refractivity contribution < 1.29 is 22.8 Å². The molecule has 0 bridgehead atoms. The molecule has 0 saturated carbocycles. The van der Waals surface area contributed by atoms with Gasteiger partial charge in [0.05, 0.1) is 5.56 Å². The fourth-order valence-corrected chi connectivity index (χ4v) is 3.58. The number of hydrogen-bond donors (Lipinski definition) is 3. The van der Waals surface area contributed by atoms with Gasteiger partial charge in [-0.05, 0) is 65.7 Å². The smallest absolute Gasteiger partial charge is 0.366 e. The van der Waals surface area contributed by atoms with Gasteiger partial charge in [0.1, 0.15) is 11.5 Å². The number of pyridine rings is 2. The number of hydrogen-bond acceptors (Lipinski definition) is 4. The van der Waals surface area contributed by atoms with Crippen molar-refractivity contribution in [3.63, 3.8) is 0 Å². The molecular weight excluding hydrogens is 495 g/mol. The highest BCUT2D eigenvalue weighted by molar-refractivity contribution is 6.03. The molecule has 0 aliphatic rings. The minimum atomic E-state index is -4.44. The number of fused-ring (bicyclic) bond motifs is 1. The van der Waals surface area contributed by atoms with E-state index in [1.165, 1.54) is 0 Å². The first kappa shape index (κ1) is 26.1. The van der Waals surface area contributed by atoms with Gasteiger partial charge in [0.15, 0.2) is 0 Å². The van der Waals surface area contributed by atoms with Crippen LogP contribution < -0.4 is 11.1 Å². The topological polar surface area (TPSA) is 114 Å². The van der Waals surface area contributed by atoms with E-state index < -0.39 is 17.6 Å². The Labute approximate surface area is 215 Å². The number of nitrogens with two attached hydrogens (primary N) is 1. The van der Waals surface area contributed by atoms with Crippen molar-refractivity contribution >= 4 is 28.7 Å². The zero-order valence-corrected chi connectivity index (χ0v) is 19.9. The predicted molar refractivity (Wildman–Crippen MR) is 137 cm³/mol. The number of H-pyrrole nitrogens is 1. The fourth-order valence-electron chi connectivity index (χ4n) is 3.58. The van der Waals surface area contributed by atoms with Crippen LogP contribution in [0.5, 0.6) is 0 Å². The number of carbonyl (C=O) groups is 2. The Bertz CT molecular complexity index is 1530. The van der Waals surface area contributed by atoms with Gasteiger partial charge in [-0.25, -0.2) is 9.97 Å². The minimum absolute atomic E-state index is 0.121. The van der Waals surface area contributed by atoms with Crippen molar-refractivity contribution in [2.75, 3.05) is 5.32 Å². The van der Waals surface area contributed by atoms with Crippen molar-refractivity contribution in [3.8, 4) is 0 Å². The first-order chi connectivity index (χ1) is 18.2. The van der Waals surface area contributed by atoms with Crippen molar-refractivity contribution in [2.45, 2.75) is 12.6 Å². The lowest BCUT2D eigenvalue weighted by Crippen LogP contribution is -2.13. The number of halogens is 3. The number of nitrogens with zero attached hydrogens (tertiary/aromatic N) is 2. The Hall–Kier alpha value is -4.99. The van der Waals surface area contributed by atoms with Crippen LogP contribution in [0.2, 0.25) is 0 Å². The van der Waals surface area contributed by atoms with E-state index in [1.807, 2.05) is 30.5 Å². The Kier molecular flexibility index (Phi) is 7.81. The van der Waals surface area contributed by atoms with E-state index in [2.05, 4.69) is 20.3 Å². The fraction of sp³-hybridized carbons (Fsp3) is 0.0714. The Morgan fingerprint density at radius 2 is 1.61 bits per heavy atom. The quantitative estimate of drug-likeness (QED) is 0.281. The molecule has 2 aromatic carbocycles. The van der Waals surface area contributed by atoms with Gasteiger partial charge >= 0.3 is 6.18 Å². The Morgan fingerprint density at radius 1 is 0.868 bits per heavy atom. The van der Waals surface area contributed by atoms with Crippen molar-refractivity contribution in [1.82, 2.24) is 15.0 Å². The summed E-state index contributed by atoms with van der Waals surface area (Å²) in [4.78, 5) is 34.2. The largest absolute Gasteiger partial charge is 0.416 e. The summed E-state index contributed by atoms with van der Waals surface area (Å²) >= 11 is 0. The average Bonchev–Trinajstić information content (AvgIpc) is 3.33. The summed E-state index contributed by atoms with van der Waals surface area (Å²) in [6, 6.07) is 20.1. The summed E-state index contributed by atoms with van der Waals surface area (Å²) in [5, 5.41) is 3.62. The van der Waals surface area contributed by atoms with Crippen LogP contribution in [0.25, 0.3) is 11.0 Å². The number of benzene rings is 2. The van der Waals surface area contributed by atoms with E-state index >= 15 is 0 Å². The third-order valence-corrected chi connectivity index (χ3v) is 5.53. The van der Waals surface area contributed by atoms with Crippen LogP contribution in [0, 0.1) is 0 Å². The van der Waals surface area contributed by atoms with E-state index in [-0.39, 0.29) is 11.5 Å². The maximum atomic E-state index is 12.6. The molecule has 0 aliphatic carbocycles. The van der Waals surface area contributed by atoms with Gasteiger partial charge in [-0.15, -0.1) is 0 Å². The second-order valence-electron chi connectivity index (χ2n) is 8.20. The van der Waals surface area contributed by atoms with E-state index in [4.69, 9.17) is 5.73 Å². The molecule has 0 aliphatic heterocycles. The molecule has 0 fully saturated rings. The van der Waals surface area contributed by atoms with Gasteiger partial charge in [0.25, 0.3) is 5.91 Å². The van der Waals surface area contributed by atoms with Gasteiger partial charge < -0.3 is 16.0 Å². The molecule has 4 N–H and O–H groups in total. The van der Waals surface area contributed by atoms with Gasteiger partial charge in [-0.1, -0.05) is 24.3 Å². The van der Waals surface area contributed by atoms with Crippen LogP contribution >= 0.6 is 0 Å². The lowest BCUT2D eigenvalue weighted by Gasteiger charge is -2.08. The summed E-state index contributed by atoms with van der Waals surface area (Å²) in [5.41, 5.74) is 7.69. The molecule has 3 heterocycles. The molecule has 7 nitrogen and oxygen atoms in total. The standard InChI is InChI=1S/C21H15F3N4O.C7H7NO/c22-21(23,24)16-6-4-14(5-7-16)20(29)28-18-8-3-13(11-26-18)10-15-12-27-19-17(15)2-1-9-25-19;8-7(9)6-4-2-1-3-5-6/h1-9,11-12H,10H2,(H,25,27)(H,26,28,29);1-5H,(H2,8,9). The zero-order chi connectivity index (χ0) is 27.1. The SMILES string of the molecule is NC(=O)c1ccccc1.O=C(Nc1ccc(Cc2c[nH]c3ncccc23)cn1)c1ccc(C(F)(F)F)cc1. The number of aromatic amines is 1. The summed E-state index contributed by atoms with van der Waals surface area (Å²) in [7, 11) is 0. The molecule has 0 spiro atoms. The third-order valence-electron chi connectivity index (χ3n) is 5.53. The van der Waals surface area contributed by atoms with Crippen molar-refractivity contribution in [2.24, 2.45) is 5.73 Å². The molecule has 0 saturated heterocycles. The highest BCUT2D eigenvalue weighted by Crippen LogP contribution is 2.29. The van der Waals surface area contributed by atoms with Crippen LogP contribution in [0.15, 0.2) is 97.5 Å². The summed E-state index contributed by atoms with van der Waals surface area (Å²) in [6.45, 7) is 0. The van der Waals surface area contributed by atoms with Crippen molar-refractivity contribution in [1.29, 1.82) is 0 Å². The highest BCUT2D eigenvalue weighted by atomic mass is 19.4. The number of carbonyl (C=O) groups excluding carboxylic acids is 2. The molecule has 2 amide bonds. The molecule has 10 heteroatoms. The number of anilines is 1. The zero-order valence-electron chi connectivity index (χ0n) is 19.9. The van der Waals surface area contributed by atoms with Gasteiger partial charge in [0.2, 0.25) is 5.91 Å². The lowest BCUT2D eigenvalue weighted by atomic mass is 10.1. The normalized spacial score (nSPS) is 10.9. The number of primary amides is 1. The Balaban J connectivity index is 0.000000317. The lowest BCUT2D eigenvalue weighted by molar-refractivity contribution is -0.137. The molecule has 3 aromatic heterocycles. The number of alkyl halides is 3. The number of aromatic nitrogens is 3. The monoisotopic (exact) mass is 517 g/mol. The molecule has 5 aromatic rings. The second kappa shape index (κ2) is 11.4. The van der Waals surface area contributed by atoms with Crippen LogP contribution in [0.1, 0.15) is 37.4 Å². The van der Waals surface area contributed by atoms with Crippen molar-refractivity contribution in [3.05, 3.63) is 125 Å². The molecule has 38 heavy (non-hydrogen) atoms. The van der Waals surface area contributed by atoms with E-state index in [9.17, 15) is 22.8 Å². The number of rotatable bonds is 5.